The van der Waals surface area contributed by atoms with E-state index in [1.54, 1.807) is 0 Å². The summed E-state index contributed by atoms with van der Waals surface area (Å²) in [5, 5.41) is 2.95. The Kier molecular flexibility index (Phi) is 6.12. The van der Waals surface area contributed by atoms with Gasteiger partial charge in [-0.1, -0.05) is 0 Å². The van der Waals surface area contributed by atoms with E-state index >= 15 is 0 Å². The topological polar surface area (TPSA) is 55.1 Å². The molecule has 0 heterocycles. The lowest BCUT2D eigenvalue weighted by Gasteiger charge is -2.25. The third-order valence-electron chi connectivity index (χ3n) is 2.57. The SMILES string of the molecule is CC(C)NC(=O)C1CCC(N)CC1.Cl. The number of hydrogen-bond acceptors (Lipinski definition) is 2. The predicted molar refractivity (Wildman–Crippen MR) is 60.5 cm³/mol. The van der Waals surface area contributed by atoms with E-state index in [2.05, 4.69) is 5.32 Å². The van der Waals surface area contributed by atoms with Gasteiger partial charge in [-0.25, -0.2) is 0 Å². The molecular formula is C10H21ClN2O. The molecule has 0 aliphatic heterocycles. The molecule has 0 bridgehead atoms. The lowest BCUT2D eigenvalue weighted by Crippen LogP contribution is -2.39. The third kappa shape index (κ3) is 4.29. The second kappa shape index (κ2) is 6.25. The lowest BCUT2D eigenvalue weighted by molar-refractivity contribution is -0.126. The predicted octanol–water partition coefficient (Wildman–Crippen LogP) is 1.45. The van der Waals surface area contributed by atoms with E-state index in [1.807, 2.05) is 13.8 Å². The number of amides is 1. The van der Waals surface area contributed by atoms with Gasteiger partial charge in [0.05, 0.1) is 0 Å². The van der Waals surface area contributed by atoms with Crippen LogP contribution in [0.1, 0.15) is 39.5 Å². The molecule has 0 unspecified atom stereocenters. The van der Waals surface area contributed by atoms with Gasteiger partial charge < -0.3 is 11.1 Å². The smallest absolute Gasteiger partial charge is 0.223 e. The number of hydrogen-bond donors (Lipinski definition) is 2. The van der Waals surface area contributed by atoms with Crippen LogP contribution in [0.25, 0.3) is 0 Å². The van der Waals surface area contributed by atoms with Gasteiger partial charge in [-0.3, -0.25) is 4.79 Å². The maximum Gasteiger partial charge on any atom is 0.223 e. The highest BCUT2D eigenvalue weighted by Gasteiger charge is 2.24. The average molecular weight is 221 g/mol. The number of nitrogens with two attached hydrogens (primary N) is 1. The summed E-state index contributed by atoms with van der Waals surface area (Å²) in [4.78, 5) is 11.6. The molecule has 3 nitrogen and oxygen atoms in total. The number of nitrogens with one attached hydrogen (secondary N) is 1. The summed E-state index contributed by atoms with van der Waals surface area (Å²) >= 11 is 0. The first-order valence-electron chi connectivity index (χ1n) is 5.15. The van der Waals surface area contributed by atoms with E-state index in [0.29, 0.717) is 6.04 Å². The monoisotopic (exact) mass is 220 g/mol. The summed E-state index contributed by atoms with van der Waals surface area (Å²) in [6, 6.07) is 0.575. The first-order valence-corrected chi connectivity index (χ1v) is 5.15. The zero-order valence-electron chi connectivity index (χ0n) is 8.95. The zero-order chi connectivity index (χ0) is 9.84. The van der Waals surface area contributed by atoms with Crippen LogP contribution in [-0.2, 0) is 4.79 Å². The fraction of sp³-hybridized carbons (Fsp3) is 0.900. The van der Waals surface area contributed by atoms with Crippen LogP contribution in [0.15, 0.2) is 0 Å². The van der Waals surface area contributed by atoms with Crippen molar-refractivity contribution in [3.63, 3.8) is 0 Å². The minimum atomic E-state index is 0. The van der Waals surface area contributed by atoms with Crippen molar-refractivity contribution in [1.29, 1.82) is 0 Å². The van der Waals surface area contributed by atoms with Crippen molar-refractivity contribution in [1.82, 2.24) is 5.32 Å². The molecule has 14 heavy (non-hydrogen) atoms. The first kappa shape index (κ1) is 13.7. The van der Waals surface area contributed by atoms with Crippen molar-refractivity contribution < 1.29 is 4.79 Å². The van der Waals surface area contributed by atoms with Crippen LogP contribution >= 0.6 is 12.4 Å². The van der Waals surface area contributed by atoms with Crippen LogP contribution < -0.4 is 11.1 Å². The van der Waals surface area contributed by atoms with E-state index in [-0.39, 0.29) is 30.3 Å². The Morgan fingerprint density at radius 2 is 1.79 bits per heavy atom. The molecule has 3 N–H and O–H groups in total. The molecule has 1 aliphatic carbocycles. The molecule has 0 aromatic rings. The fourth-order valence-electron chi connectivity index (χ4n) is 1.78. The summed E-state index contributed by atoms with van der Waals surface area (Å²) in [6.45, 7) is 3.99. The van der Waals surface area contributed by atoms with Gasteiger partial charge >= 0.3 is 0 Å². The molecule has 0 spiro atoms. The van der Waals surface area contributed by atoms with Gasteiger partial charge in [0.25, 0.3) is 0 Å². The second-order valence-electron chi connectivity index (χ2n) is 4.27. The van der Waals surface area contributed by atoms with Crippen LogP contribution in [-0.4, -0.2) is 18.0 Å². The lowest BCUT2D eigenvalue weighted by atomic mass is 9.86. The maximum absolute atomic E-state index is 11.6. The first-order chi connectivity index (χ1) is 6.09. The minimum Gasteiger partial charge on any atom is -0.354 e. The van der Waals surface area contributed by atoms with Gasteiger partial charge in [-0.2, -0.15) is 0 Å². The summed E-state index contributed by atoms with van der Waals surface area (Å²) in [5.41, 5.74) is 5.77. The van der Waals surface area contributed by atoms with E-state index in [1.165, 1.54) is 0 Å². The Morgan fingerprint density at radius 1 is 1.29 bits per heavy atom. The van der Waals surface area contributed by atoms with Crippen LogP contribution in [0.3, 0.4) is 0 Å². The normalized spacial score (nSPS) is 26.9. The highest BCUT2D eigenvalue weighted by Crippen LogP contribution is 2.23. The van der Waals surface area contributed by atoms with Crippen molar-refractivity contribution in [3.05, 3.63) is 0 Å². The Balaban J connectivity index is 0.00000169. The molecule has 4 heteroatoms. The van der Waals surface area contributed by atoms with Gasteiger partial charge in [-0.05, 0) is 39.5 Å². The Morgan fingerprint density at radius 3 is 2.21 bits per heavy atom. The van der Waals surface area contributed by atoms with Gasteiger partial charge in [0.1, 0.15) is 0 Å². The number of halogens is 1. The highest BCUT2D eigenvalue weighted by atomic mass is 35.5. The van der Waals surface area contributed by atoms with E-state index in [4.69, 9.17) is 5.73 Å². The van der Waals surface area contributed by atoms with E-state index < -0.39 is 0 Å². The van der Waals surface area contributed by atoms with E-state index in [9.17, 15) is 4.79 Å². The third-order valence-corrected chi connectivity index (χ3v) is 2.57. The van der Waals surface area contributed by atoms with Gasteiger partial charge in [0.2, 0.25) is 5.91 Å². The molecule has 0 saturated heterocycles. The van der Waals surface area contributed by atoms with Crippen molar-refractivity contribution in [2.24, 2.45) is 11.7 Å². The van der Waals surface area contributed by atoms with Crippen molar-refractivity contribution in [3.8, 4) is 0 Å². The highest BCUT2D eigenvalue weighted by molar-refractivity contribution is 5.85. The average Bonchev–Trinajstić information content (AvgIpc) is 2.04. The van der Waals surface area contributed by atoms with Crippen LogP contribution in [0, 0.1) is 5.92 Å². The molecule has 1 saturated carbocycles. The quantitative estimate of drug-likeness (QED) is 0.740. The molecule has 0 aromatic heterocycles. The Labute approximate surface area is 92.2 Å². The van der Waals surface area contributed by atoms with E-state index in [0.717, 1.165) is 25.7 Å². The molecule has 84 valence electrons. The summed E-state index contributed by atoms with van der Waals surface area (Å²) in [5.74, 6) is 0.420. The van der Waals surface area contributed by atoms with Gasteiger partial charge in [0.15, 0.2) is 0 Å². The molecular weight excluding hydrogens is 200 g/mol. The summed E-state index contributed by atoms with van der Waals surface area (Å²) in [7, 11) is 0. The van der Waals surface area contributed by atoms with Crippen molar-refractivity contribution in [2.45, 2.75) is 51.6 Å². The van der Waals surface area contributed by atoms with Gasteiger partial charge in [0, 0.05) is 18.0 Å². The number of rotatable bonds is 2. The zero-order valence-corrected chi connectivity index (χ0v) is 9.77. The molecule has 1 amide bonds. The van der Waals surface area contributed by atoms with Crippen LogP contribution in [0.2, 0.25) is 0 Å². The Bertz CT molecular complexity index is 177. The molecule has 0 aromatic carbocycles. The standard InChI is InChI=1S/C10H20N2O.ClH/c1-7(2)12-10(13)8-3-5-9(11)6-4-8;/h7-9H,3-6,11H2,1-2H3,(H,12,13);1H. The minimum absolute atomic E-state index is 0. The molecule has 0 atom stereocenters. The summed E-state index contributed by atoms with van der Waals surface area (Å²) < 4.78 is 0. The molecule has 1 rings (SSSR count). The fourth-order valence-corrected chi connectivity index (χ4v) is 1.78. The molecule has 1 fully saturated rings. The largest absolute Gasteiger partial charge is 0.354 e. The second-order valence-corrected chi connectivity index (χ2v) is 4.27. The van der Waals surface area contributed by atoms with Crippen molar-refractivity contribution in [2.75, 3.05) is 0 Å². The molecule has 1 aliphatic rings. The number of carbonyl (C=O) groups is 1. The summed E-state index contributed by atoms with van der Waals surface area (Å²) in [6.07, 6.45) is 3.91. The Hall–Kier alpha value is -0.280. The molecule has 0 radical (unpaired) electrons. The number of carbonyl (C=O) groups excluding carboxylic acids is 1. The van der Waals surface area contributed by atoms with Gasteiger partial charge in [-0.15, -0.1) is 12.4 Å². The van der Waals surface area contributed by atoms with Crippen LogP contribution in [0.4, 0.5) is 0 Å². The van der Waals surface area contributed by atoms with Crippen LogP contribution in [0.5, 0.6) is 0 Å². The maximum atomic E-state index is 11.6. The van der Waals surface area contributed by atoms with Crippen molar-refractivity contribution >= 4 is 18.3 Å².